The molecule has 162 valence electrons. The van der Waals surface area contributed by atoms with Crippen LogP contribution < -0.4 is 14.8 Å². The van der Waals surface area contributed by atoms with Gasteiger partial charge < -0.3 is 14.8 Å². The molecule has 1 N–H and O–H groups in total. The average molecular weight is 433 g/mol. The van der Waals surface area contributed by atoms with E-state index in [4.69, 9.17) is 9.47 Å². The zero-order chi connectivity index (χ0) is 21.9. The molecule has 0 aliphatic carbocycles. The highest BCUT2D eigenvalue weighted by Crippen LogP contribution is 2.34. The zero-order valence-electron chi connectivity index (χ0n) is 17.7. The van der Waals surface area contributed by atoms with Gasteiger partial charge in [-0.15, -0.1) is 0 Å². The van der Waals surface area contributed by atoms with Crippen LogP contribution in [0.3, 0.4) is 0 Å². The van der Waals surface area contributed by atoms with Crippen LogP contribution in [0.2, 0.25) is 0 Å². The second kappa shape index (κ2) is 9.06. The highest BCUT2D eigenvalue weighted by molar-refractivity contribution is 7.89. The second-order valence-electron chi connectivity index (χ2n) is 7.77. The van der Waals surface area contributed by atoms with Gasteiger partial charge in [0.05, 0.1) is 24.2 Å². The summed E-state index contributed by atoms with van der Waals surface area (Å²) < 4.78 is 37.4. The van der Waals surface area contributed by atoms with Crippen LogP contribution in [0, 0.1) is 5.92 Å². The number of benzene rings is 2. The molecular formula is C22H28N2O5S. The molecule has 1 aliphatic rings. The maximum Gasteiger partial charge on any atom is 0.251 e. The van der Waals surface area contributed by atoms with Gasteiger partial charge in [-0.3, -0.25) is 4.79 Å². The maximum atomic E-state index is 13.0. The molecule has 0 saturated heterocycles. The number of ether oxygens (including phenoxy) is 2. The lowest BCUT2D eigenvalue weighted by molar-refractivity contribution is 0.0925. The molecule has 1 heterocycles. The Labute approximate surface area is 178 Å². The molecule has 3 rings (SSSR count). The van der Waals surface area contributed by atoms with Crippen LogP contribution in [-0.2, 0) is 10.0 Å². The van der Waals surface area contributed by atoms with Gasteiger partial charge in [0.15, 0.2) is 11.5 Å². The third-order valence-electron chi connectivity index (χ3n) is 4.96. The Hall–Kier alpha value is -2.58. The van der Waals surface area contributed by atoms with Gasteiger partial charge in [-0.1, -0.05) is 26.0 Å². The molecule has 1 aliphatic heterocycles. The van der Waals surface area contributed by atoms with Crippen molar-refractivity contribution < 1.29 is 22.7 Å². The Kier molecular flexibility index (Phi) is 6.67. The van der Waals surface area contributed by atoms with Gasteiger partial charge in [-0.05, 0) is 41.8 Å². The normalized spacial score (nSPS) is 15.0. The van der Waals surface area contributed by atoms with E-state index < -0.39 is 10.0 Å². The van der Waals surface area contributed by atoms with E-state index in [0.717, 1.165) is 16.3 Å². The van der Waals surface area contributed by atoms with E-state index in [1.807, 2.05) is 32.0 Å². The Balaban J connectivity index is 1.86. The fourth-order valence-electron chi connectivity index (χ4n) is 3.24. The first kappa shape index (κ1) is 22.1. The monoisotopic (exact) mass is 432 g/mol. The first-order valence-electron chi connectivity index (χ1n) is 9.93. The first-order chi connectivity index (χ1) is 14.2. The summed E-state index contributed by atoms with van der Waals surface area (Å²) >= 11 is 0. The molecule has 30 heavy (non-hydrogen) atoms. The summed E-state index contributed by atoms with van der Waals surface area (Å²) in [6.45, 7) is 5.23. The third-order valence-corrected chi connectivity index (χ3v) is 6.77. The van der Waals surface area contributed by atoms with Crippen molar-refractivity contribution in [3.05, 3.63) is 53.6 Å². The van der Waals surface area contributed by atoms with Crippen LogP contribution in [0.4, 0.5) is 0 Å². The standard InChI is InChI=1S/C22H28N2O5S/c1-15(2)21(16-9-10-19-20(14-16)29-12-6-11-28-19)23-22(25)17-7-5-8-18(13-17)30(26,27)24(3)4/h5,7-10,13-15,21H,6,11-12H2,1-4H3,(H,23,25)/t21-/m1/s1. The summed E-state index contributed by atoms with van der Waals surface area (Å²) in [4.78, 5) is 13.0. The smallest absolute Gasteiger partial charge is 0.251 e. The predicted octanol–water partition coefficient (Wildman–Crippen LogP) is 3.23. The van der Waals surface area contributed by atoms with Crippen molar-refractivity contribution in [2.75, 3.05) is 27.3 Å². The van der Waals surface area contributed by atoms with Crippen LogP contribution in [-0.4, -0.2) is 45.9 Å². The lowest BCUT2D eigenvalue weighted by Crippen LogP contribution is -2.32. The van der Waals surface area contributed by atoms with Crippen molar-refractivity contribution in [1.29, 1.82) is 0 Å². The number of carbonyl (C=O) groups excluding carboxylic acids is 1. The number of hydrogen-bond acceptors (Lipinski definition) is 5. The summed E-state index contributed by atoms with van der Waals surface area (Å²) in [7, 11) is -0.702. The minimum Gasteiger partial charge on any atom is -0.490 e. The van der Waals surface area contributed by atoms with Crippen molar-refractivity contribution in [2.45, 2.75) is 31.2 Å². The second-order valence-corrected chi connectivity index (χ2v) is 9.92. The number of sulfonamides is 1. The van der Waals surface area contributed by atoms with Crippen molar-refractivity contribution in [3.8, 4) is 11.5 Å². The SMILES string of the molecule is CC(C)[C@@H](NC(=O)c1cccc(S(=O)(=O)N(C)C)c1)c1ccc2c(c1)OCCCO2. The molecule has 0 fully saturated rings. The summed E-state index contributed by atoms with van der Waals surface area (Å²) in [5, 5.41) is 3.04. The maximum absolute atomic E-state index is 13.0. The summed E-state index contributed by atoms with van der Waals surface area (Å²) in [5.41, 5.74) is 1.19. The van der Waals surface area contributed by atoms with Crippen LogP contribution in [0.5, 0.6) is 11.5 Å². The van der Waals surface area contributed by atoms with E-state index in [0.29, 0.717) is 24.7 Å². The molecule has 0 saturated carbocycles. The molecule has 7 nitrogen and oxygen atoms in total. The van der Waals surface area contributed by atoms with Gasteiger partial charge in [0, 0.05) is 26.1 Å². The van der Waals surface area contributed by atoms with Crippen LogP contribution in [0.1, 0.15) is 42.2 Å². The zero-order valence-corrected chi connectivity index (χ0v) is 18.5. The number of rotatable bonds is 6. The summed E-state index contributed by atoms with van der Waals surface area (Å²) in [6.07, 6.45) is 0.820. The van der Waals surface area contributed by atoms with Crippen LogP contribution in [0.25, 0.3) is 0 Å². The van der Waals surface area contributed by atoms with Gasteiger partial charge in [0.2, 0.25) is 10.0 Å². The molecule has 0 aromatic heterocycles. The molecule has 0 bridgehead atoms. The average Bonchev–Trinajstić information content (AvgIpc) is 2.96. The topological polar surface area (TPSA) is 84.9 Å². The molecule has 1 atom stereocenters. The first-order valence-corrected chi connectivity index (χ1v) is 11.4. The highest BCUT2D eigenvalue weighted by atomic mass is 32.2. The number of nitrogens with one attached hydrogen (secondary N) is 1. The van der Waals surface area contributed by atoms with Crippen molar-refractivity contribution >= 4 is 15.9 Å². The van der Waals surface area contributed by atoms with E-state index >= 15 is 0 Å². The van der Waals surface area contributed by atoms with E-state index in [1.54, 1.807) is 12.1 Å². The summed E-state index contributed by atoms with van der Waals surface area (Å²) in [6, 6.07) is 11.5. The molecule has 0 unspecified atom stereocenters. The fraction of sp³-hybridized carbons (Fsp3) is 0.409. The lowest BCUT2D eigenvalue weighted by atomic mass is 9.95. The van der Waals surface area contributed by atoms with Crippen LogP contribution in [0.15, 0.2) is 47.4 Å². The molecule has 2 aromatic carbocycles. The lowest BCUT2D eigenvalue weighted by Gasteiger charge is -2.24. The fourth-order valence-corrected chi connectivity index (χ4v) is 4.19. The third kappa shape index (κ3) is 4.76. The number of amides is 1. The van der Waals surface area contributed by atoms with E-state index in [-0.39, 0.29) is 28.3 Å². The number of hydrogen-bond donors (Lipinski definition) is 1. The molecule has 8 heteroatoms. The van der Waals surface area contributed by atoms with Crippen molar-refractivity contribution in [1.82, 2.24) is 9.62 Å². The summed E-state index contributed by atoms with van der Waals surface area (Å²) in [5.74, 6) is 1.14. The molecular weight excluding hydrogens is 404 g/mol. The highest BCUT2D eigenvalue weighted by Gasteiger charge is 2.23. The van der Waals surface area contributed by atoms with E-state index in [1.165, 1.54) is 26.2 Å². The minimum absolute atomic E-state index is 0.0804. The Bertz CT molecular complexity index is 1020. The van der Waals surface area contributed by atoms with Gasteiger partial charge in [0.1, 0.15) is 0 Å². The molecule has 0 spiro atoms. The van der Waals surface area contributed by atoms with Gasteiger partial charge in [-0.2, -0.15) is 0 Å². The molecule has 0 radical (unpaired) electrons. The quantitative estimate of drug-likeness (QED) is 0.758. The number of carbonyl (C=O) groups is 1. The van der Waals surface area contributed by atoms with E-state index in [2.05, 4.69) is 5.32 Å². The van der Waals surface area contributed by atoms with E-state index in [9.17, 15) is 13.2 Å². The largest absolute Gasteiger partial charge is 0.490 e. The Morgan fingerprint density at radius 1 is 1.03 bits per heavy atom. The van der Waals surface area contributed by atoms with Crippen LogP contribution >= 0.6 is 0 Å². The number of fused-ring (bicyclic) bond motifs is 1. The Morgan fingerprint density at radius 2 is 1.73 bits per heavy atom. The van der Waals surface area contributed by atoms with Gasteiger partial charge in [-0.25, -0.2) is 12.7 Å². The van der Waals surface area contributed by atoms with Gasteiger partial charge in [0.25, 0.3) is 5.91 Å². The van der Waals surface area contributed by atoms with Gasteiger partial charge >= 0.3 is 0 Å². The number of nitrogens with zero attached hydrogens (tertiary/aromatic N) is 1. The van der Waals surface area contributed by atoms with Crippen molar-refractivity contribution in [3.63, 3.8) is 0 Å². The molecule has 1 amide bonds. The van der Waals surface area contributed by atoms with Crippen molar-refractivity contribution in [2.24, 2.45) is 5.92 Å². The Morgan fingerprint density at radius 3 is 2.40 bits per heavy atom. The predicted molar refractivity (Wildman–Crippen MR) is 114 cm³/mol. The minimum atomic E-state index is -3.62. The molecule has 2 aromatic rings.